The predicted molar refractivity (Wildman–Crippen MR) is 78.2 cm³/mol. The van der Waals surface area contributed by atoms with E-state index in [1.54, 1.807) is 0 Å². The van der Waals surface area contributed by atoms with Gasteiger partial charge >= 0.3 is 0 Å². The van der Waals surface area contributed by atoms with Gasteiger partial charge in [0.2, 0.25) is 5.91 Å². The van der Waals surface area contributed by atoms with Crippen LogP contribution in [0.1, 0.15) is 16.1 Å². The van der Waals surface area contributed by atoms with Gasteiger partial charge in [0.15, 0.2) is 0 Å². The van der Waals surface area contributed by atoms with E-state index in [0.717, 1.165) is 0 Å². The monoisotopic (exact) mass is 305 g/mol. The number of carbonyl (C=O) groups excluding carboxylic acids is 2. The van der Waals surface area contributed by atoms with E-state index in [0.29, 0.717) is 16.3 Å². The number of carbonyl (C=O) groups is 2. The summed E-state index contributed by atoms with van der Waals surface area (Å²) in [5, 5.41) is 12.7. The number of anilines is 1. The third kappa shape index (κ3) is 3.93. The molecule has 0 fully saturated rings. The van der Waals surface area contributed by atoms with Crippen LogP contribution in [0.4, 0.5) is 5.69 Å². The summed E-state index contributed by atoms with van der Waals surface area (Å²) in [7, 11) is 0. The maximum absolute atomic E-state index is 11.9. The second kappa shape index (κ2) is 6.23. The number of aromatic hydroxyl groups is 1. The van der Waals surface area contributed by atoms with Gasteiger partial charge < -0.3 is 16.2 Å². The van der Waals surface area contributed by atoms with Crippen molar-refractivity contribution in [3.8, 4) is 5.75 Å². The van der Waals surface area contributed by atoms with Gasteiger partial charge in [0.05, 0.1) is 6.42 Å². The zero-order chi connectivity index (χ0) is 15.4. The van der Waals surface area contributed by atoms with E-state index in [9.17, 15) is 14.7 Å². The molecule has 2 amide bonds. The van der Waals surface area contributed by atoms with Gasteiger partial charge in [-0.05, 0) is 30.3 Å². The summed E-state index contributed by atoms with van der Waals surface area (Å²) in [6.07, 6.45) is 1.31. The van der Waals surface area contributed by atoms with E-state index in [2.05, 4.69) is 10.3 Å². The van der Waals surface area contributed by atoms with Crippen LogP contribution >= 0.6 is 11.6 Å². The molecule has 1 aromatic carbocycles. The lowest BCUT2D eigenvalue weighted by Gasteiger charge is -2.07. The largest absolute Gasteiger partial charge is 0.508 e. The maximum atomic E-state index is 11.9. The average molecular weight is 306 g/mol. The van der Waals surface area contributed by atoms with Gasteiger partial charge in [-0.25, -0.2) is 0 Å². The normalized spacial score (nSPS) is 10.1. The number of halogens is 1. The van der Waals surface area contributed by atoms with Crippen LogP contribution < -0.4 is 11.1 Å². The number of amides is 2. The summed E-state index contributed by atoms with van der Waals surface area (Å²) in [5.74, 6) is -1.06. The van der Waals surface area contributed by atoms with Gasteiger partial charge in [-0.3, -0.25) is 14.6 Å². The van der Waals surface area contributed by atoms with E-state index >= 15 is 0 Å². The van der Waals surface area contributed by atoms with Gasteiger partial charge in [-0.2, -0.15) is 0 Å². The summed E-state index contributed by atoms with van der Waals surface area (Å²) in [4.78, 5) is 26.7. The number of benzene rings is 1. The second-order valence-corrected chi connectivity index (χ2v) is 4.73. The van der Waals surface area contributed by atoms with Crippen LogP contribution in [0.5, 0.6) is 5.75 Å². The molecule has 7 heteroatoms. The summed E-state index contributed by atoms with van der Waals surface area (Å²) < 4.78 is 0. The lowest BCUT2D eigenvalue weighted by Crippen LogP contribution is -2.17. The smallest absolute Gasteiger partial charge is 0.267 e. The second-order valence-electron chi connectivity index (χ2n) is 4.29. The van der Waals surface area contributed by atoms with E-state index < -0.39 is 5.91 Å². The molecule has 21 heavy (non-hydrogen) atoms. The number of pyridine rings is 1. The fraction of sp³-hybridized carbons (Fsp3) is 0.0714. The Kier molecular flexibility index (Phi) is 4.39. The Morgan fingerprint density at radius 3 is 2.76 bits per heavy atom. The first-order valence-corrected chi connectivity index (χ1v) is 6.36. The quantitative estimate of drug-likeness (QED) is 0.799. The first-order chi connectivity index (χ1) is 9.95. The lowest BCUT2D eigenvalue weighted by atomic mass is 10.1. The Hall–Kier alpha value is -2.60. The molecule has 1 heterocycles. The number of phenols is 1. The minimum Gasteiger partial charge on any atom is -0.508 e. The molecule has 0 aliphatic heterocycles. The zero-order valence-corrected chi connectivity index (χ0v) is 11.6. The molecular formula is C14H12ClN3O3. The molecule has 0 unspecified atom stereocenters. The van der Waals surface area contributed by atoms with Crippen molar-refractivity contribution in [1.82, 2.24) is 4.98 Å². The van der Waals surface area contributed by atoms with Gasteiger partial charge in [0.1, 0.15) is 11.4 Å². The van der Waals surface area contributed by atoms with Crippen molar-refractivity contribution in [1.29, 1.82) is 0 Å². The number of hydrogen-bond donors (Lipinski definition) is 3. The Bertz CT molecular complexity index is 704. The third-order valence-corrected chi connectivity index (χ3v) is 2.92. The van der Waals surface area contributed by atoms with Crippen molar-refractivity contribution in [2.45, 2.75) is 6.42 Å². The molecule has 0 saturated carbocycles. The summed E-state index contributed by atoms with van der Waals surface area (Å²) in [5.41, 5.74) is 5.97. The van der Waals surface area contributed by atoms with Crippen molar-refractivity contribution in [3.05, 3.63) is 52.8 Å². The topological polar surface area (TPSA) is 105 Å². The van der Waals surface area contributed by atoms with Crippen molar-refractivity contribution >= 4 is 29.1 Å². The van der Waals surface area contributed by atoms with E-state index in [1.807, 2.05) is 0 Å². The van der Waals surface area contributed by atoms with Crippen LogP contribution in [0.3, 0.4) is 0 Å². The number of aromatic nitrogens is 1. The van der Waals surface area contributed by atoms with Gasteiger partial charge in [0.25, 0.3) is 5.91 Å². The molecule has 1 aromatic heterocycles. The third-order valence-electron chi connectivity index (χ3n) is 2.69. The molecule has 2 rings (SSSR count). The highest BCUT2D eigenvalue weighted by molar-refractivity contribution is 6.30. The number of nitrogens with one attached hydrogen (secondary N) is 1. The molecule has 0 bridgehead atoms. The minimum absolute atomic E-state index is 0.0119. The Labute approximate surface area is 125 Å². The van der Waals surface area contributed by atoms with E-state index in [1.165, 1.54) is 36.5 Å². The molecular weight excluding hydrogens is 294 g/mol. The first-order valence-electron chi connectivity index (χ1n) is 5.99. The van der Waals surface area contributed by atoms with Crippen LogP contribution in [0.25, 0.3) is 0 Å². The molecule has 0 radical (unpaired) electrons. The highest BCUT2D eigenvalue weighted by atomic mass is 35.5. The van der Waals surface area contributed by atoms with Gasteiger partial charge in [-0.15, -0.1) is 0 Å². The molecule has 108 valence electrons. The summed E-state index contributed by atoms with van der Waals surface area (Å²) >= 11 is 5.81. The average Bonchev–Trinajstić information content (AvgIpc) is 2.43. The Morgan fingerprint density at radius 1 is 1.29 bits per heavy atom. The fourth-order valence-corrected chi connectivity index (χ4v) is 1.91. The first kappa shape index (κ1) is 14.8. The number of primary amides is 1. The van der Waals surface area contributed by atoms with Crippen molar-refractivity contribution in [2.75, 3.05) is 5.32 Å². The summed E-state index contributed by atoms with van der Waals surface area (Å²) in [6.45, 7) is 0. The predicted octanol–water partition coefficient (Wildman–Crippen LogP) is 1.72. The number of nitrogens with two attached hydrogens (primary N) is 1. The molecule has 0 spiro atoms. The minimum atomic E-state index is -0.682. The maximum Gasteiger partial charge on any atom is 0.267 e. The van der Waals surface area contributed by atoms with Crippen LogP contribution in [0.2, 0.25) is 5.02 Å². The number of rotatable bonds is 4. The van der Waals surface area contributed by atoms with Crippen LogP contribution in [0.15, 0.2) is 36.5 Å². The van der Waals surface area contributed by atoms with Crippen molar-refractivity contribution in [2.24, 2.45) is 5.73 Å². The molecule has 0 atom stereocenters. The Balaban J connectivity index is 2.10. The van der Waals surface area contributed by atoms with Crippen LogP contribution in [-0.4, -0.2) is 21.9 Å². The van der Waals surface area contributed by atoms with E-state index in [4.69, 9.17) is 17.3 Å². The standard InChI is InChI=1S/C14H12ClN3O3/c15-9-1-2-12(19)8(5-9)6-13(20)18-10-3-4-17-11(7-10)14(16)21/h1-5,7,19H,6H2,(H2,16,21)(H,17,18,20). The van der Waals surface area contributed by atoms with Gasteiger partial charge in [0, 0.05) is 22.5 Å². The summed E-state index contributed by atoms with van der Waals surface area (Å²) in [6, 6.07) is 7.36. The molecule has 0 aliphatic rings. The molecule has 4 N–H and O–H groups in total. The highest BCUT2D eigenvalue weighted by Gasteiger charge is 2.10. The number of nitrogens with zero attached hydrogens (tertiary/aromatic N) is 1. The molecule has 6 nitrogen and oxygen atoms in total. The number of hydrogen-bond acceptors (Lipinski definition) is 4. The molecule has 2 aromatic rings. The molecule has 0 saturated heterocycles. The highest BCUT2D eigenvalue weighted by Crippen LogP contribution is 2.22. The van der Waals surface area contributed by atoms with E-state index in [-0.39, 0.29) is 23.8 Å². The SMILES string of the molecule is NC(=O)c1cc(NC(=O)Cc2cc(Cl)ccc2O)ccn1. The van der Waals surface area contributed by atoms with Crippen LogP contribution in [0, 0.1) is 0 Å². The van der Waals surface area contributed by atoms with Crippen LogP contribution in [-0.2, 0) is 11.2 Å². The lowest BCUT2D eigenvalue weighted by molar-refractivity contribution is -0.115. The zero-order valence-electron chi connectivity index (χ0n) is 10.8. The molecule has 0 aliphatic carbocycles. The van der Waals surface area contributed by atoms with Crippen molar-refractivity contribution in [3.63, 3.8) is 0 Å². The fourth-order valence-electron chi connectivity index (χ4n) is 1.72. The van der Waals surface area contributed by atoms with Crippen molar-refractivity contribution < 1.29 is 14.7 Å². The number of phenolic OH excluding ortho intramolecular Hbond substituents is 1. The Morgan fingerprint density at radius 2 is 2.05 bits per heavy atom. The van der Waals surface area contributed by atoms with Gasteiger partial charge in [-0.1, -0.05) is 11.6 Å².